The summed E-state index contributed by atoms with van der Waals surface area (Å²) in [6, 6.07) is 0.843. The second-order valence-electron chi connectivity index (χ2n) is 15.6. The van der Waals surface area contributed by atoms with Crippen LogP contribution in [0.15, 0.2) is 45.9 Å². The number of halogens is 6. The maximum absolute atomic E-state index is 17.7. The van der Waals surface area contributed by atoms with Gasteiger partial charge < -0.3 is 30.6 Å². The van der Waals surface area contributed by atoms with Crippen molar-refractivity contribution in [2.45, 2.75) is 68.4 Å². The van der Waals surface area contributed by atoms with Crippen LogP contribution >= 0.6 is 11.8 Å². The Morgan fingerprint density at radius 2 is 1.90 bits per heavy atom. The largest absolute Gasteiger partial charge is 0.490 e. The Bertz CT molecular complexity index is 2300. The third-order valence-electron chi connectivity index (χ3n) is 12.3. The van der Waals surface area contributed by atoms with Gasteiger partial charge in [0.1, 0.15) is 59.4 Å². The van der Waals surface area contributed by atoms with Gasteiger partial charge in [-0.05, 0) is 50.6 Å². The van der Waals surface area contributed by atoms with Gasteiger partial charge in [0, 0.05) is 60.9 Å². The van der Waals surface area contributed by atoms with Gasteiger partial charge in [0.2, 0.25) is 0 Å². The number of ether oxygens (including phenoxy) is 3. The summed E-state index contributed by atoms with van der Waals surface area (Å²) in [5.74, 6) is -5.68. The van der Waals surface area contributed by atoms with Gasteiger partial charge in [-0.3, -0.25) is 9.88 Å². The van der Waals surface area contributed by atoms with E-state index in [0.29, 0.717) is 51.1 Å². The fraction of sp³-hybridized carbons (Fsp3) is 0.513. The minimum absolute atomic E-state index is 0.0435. The molecule has 306 valence electrons. The number of benzene rings is 1. The molecule has 5 aliphatic heterocycles. The quantitative estimate of drug-likeness (QED) is 0.230. The lowest BCUT2D eigenvalue weighted by Gasteiger charge is -2.35. The predicted octanol–water partition coefficient (Wildman–Crippen LogP) is 6.76. The monoisotopic (exact) mass is 827 g/mol. The number of rotatable bonds is 8. The lowest BCUT2D eigenvalue weighted by atomic mass is 9.76. The van der Waals surface area contributed by atoms with Crippen LogP contribution in [0.3, 0.4) is 0 Å². The zero-order valence-corrected chi connectivity index (χ0v) is 31.9. The maximum Gasteiger partial charge on any atom is 0.420 e. The van der Waals surface area contributed by atoms with Crippen molar-refractivity contribution in [2.24, 2.45) is 17.6 Å². The molecule has 0 amide bonds. The zero-order chi connectivity index (χ0) is 40.5. The summed E-state index contributed by atoms with van der Waals surface area (Å²) in [5.41, 5.74) is 9.16. The molecule has 4 N–H and O–H groups in total. The highest BCUT2D eigenvalue weighted by Crippen LogP contribution is 2.58. The average molecular weight is 828 g/mol. The summed E-state index contributed by atoms with van der Waals surface area (Å²) in [4.78, 5) is 21.7. The number of nitrogens with two attached hydrogens (primary N) is 2. The first-order valence-electron chi connectivity index (χ1n) is 19.2. The van der Waals surface area contributed by atoms with Crippen molar-refractivity contribution in [3.05, 3.63) is 68.5 Å². The standard InChI is InChI=1S/C39H39F6N9O3S/c40-20-15-38(6-1-9-53(38)17-20)18-57-37-51-31-27-32(28(39(43,44)45)26(29(31)42)21-2-3-23(41)33-25(21)22(16-46)35(48)58-33)56-13-10-54(36(27)52-37)24(14-19-4-11-55-12-5-19)30-34(47)50-8-7-49-30/h2-3,7-8,19-21,24-25H,1,4-6,9-15,17-18,48H2,(H2,47,50)/t20-,21?,24-,25?,38+/m1/s1. The summed E-state index contributed by atoms with van der Waals surface area (Å²) in [7, 11) is 0. The molecule has 6 aliphatic rings. The molecule has 2 unspecified atom stereocenters. The summed E-state index contributed by atoms with van der Waals surface area (Å²) < 4.78 is 113. The van der Waals surface area contributed by atoms with E-state index in [0.717, 1.165) is 30.3 Å². The molecule has 0 radical (unpaired) electrons. The number of thioether (sulfide) groups is 1. The number of nitriles is 1. The Labute approximate surface area is 333 Å². The molecule has 0 saturated carbocycles. The number of nitrogen functional groups attached to an aromatic ring is 1. The SMILES string of the molecule is N#CC1=C(N)SC2=C(F)C=CC(c3c(C(F)(F)F)c4c5c(nc(OC[C@@]67CCCN6C[C@H](F)C7)nc5c3F)N([C@H](CC3CCOCC3)c3nccnc3N)CCO4)C12. The van der Waals surface area contributed by atoms with Crippen LogP contribution in [0.25, 0.3) is 10.9 Å². The van der Waals surface area contributed by atoms with Gasteiger partial charge in [0.05, 0.1) is 40.2 Å². The van der Waals surface area contributed by atoms with Crippen molar-refractivity contribution in [3.8, 4) is 17.8 Å². The van der Waals surface area contributed by atoms with Gasteiger partial charge in [-0.15, -0.1) is 0 Å². The number of aromatic nitrogens is 4. The van der Waals surface area contributed by atoms with Crippen LogP contribution in [0.2, 0.25) is 0 Å². The minimum atomic E-state index is -5.23. The Morgan fingerprint density at radius 1 is 1.10 bits per heavy atom. The lowest BCUT2D eigenvalue weighted by molar-refractivity contribution is -0.139. The van der Waals surface area contributed by atoms with Gasteiger partial charge in [-0.1, -0.05) is 17.8 Å². The summed E-state index contributed by atoms with van der Waals surface area (Å²) in [6.07, 6.45) is 2.15. The van der Waals surface area contributed by atoms with Crippen LogP contribution in [-0.2, 0) is 10.9 Å². The molecule has 9 rings (SSSR count). The Hall–Kier alpha value is -4.80. The first kappa shape index (κ1) is 38.7. The van der Waals surface area contributed by atoms with E-state index in [1.165, 1.54) is 12.4 Å². The first-order chi connectivity index (χ1) is 27.9. The summed E-state index contributed by atoms with van der Waals surface area (Å²) in [6.45, 7) is 1.53. The molecule has 58 heavy (non-hydrogen) atoms. The van der Waals surface area contributed by atoms with E-state index in [9.17, 15) is 9.65 Å². The van der Waals surface area contributed by atoms with Crippen molar-refractivity contribution in [2.75, 3.05) is 56.7 Å². The van der Waals surface area contributed by atoms with Crippen LogP contribution in [0, 0.1) is 29.0 Å². The second kappa shape index (κ2) is 14.8. The third kappa shape index (κ3) is 6.47. The molecule has 1 aromatic carbocycles. The van der Waals surface area contributed by atoms with Crippen molar-refractivity contribution in [3.63, 3.8) is 0 Å². The molecule has 5 atom stereocenters. The molecule has 12 nitrogen and oxygen atoms in total. The average Bonchev–Trinajstić information content (AvgIpc) is 3.80. The molecule has 2 aromatic heterocycles. The number of fused-ring (bicyclic) bond motifs is 2. The van der Waals surface area contributed by atoms with E-state index in [4.69, 9.17) is 30.7 Å². The van der Waals surface area contributed by atoms with Gasteiger partial charge in [-0.2, -0.15) is 28.4 Å². The number of anilines is 2. The van der Waals surface area contributed by atoms with Crippen LogP contribution in [0.5, 0.6) is 11.8 Å². The molecule has 0 bridgehead atoms. The fourth-order valence-corrected chi connectivity index (χ4v) is 10.8. The lowest BCUT2D eigenvalue weighted by Crippen LogP contribution is -2.43. The molecule has 3 saturated heterocycles. The number of nitrogens with zero attached hydrogens (tertiary/aromatic N) is 7. The molecule has 7 heterocycles. The molecular weight excluding hydrogens is 789 g/mol. The highest BCUT2D eigenvalue weighted by Gasteiger charge is 2.51. The summed E-state index contributed by atoms with van der Waals surface area (Å²) >= 11 is 0.724. The number of hydrogen-bond acceptors (Lipinski definition) is 13. The minimum Gasteiger partial charge on any atom is -0.490 e. The Morgan fingerprint density at radius 3 is 2.66 bits per heavy atom. The van der Waals surface area contributed by atoms with E-state index in [2.05, 4.69) is 15.0 Å². The molecule has 3 aromatic rings. The zero-order valence-electron chi connectivity index (χ0n) is 31.1. The van der Waals surface area contributed by atoms with Gasteiger partial charge >= 0.3 is 12.2 Å². The van der Waals surface area contributed by atoms with E-state index in [-0.39, 0.29) is 77.2 Å². The van der Waals surface area contributed by atoms with Crippen LogP contribution in [-0.4, -0.2) is 82.6 Å². The topological polar surface area (TPSA) is 162 Å². The molecule has 19 heteroatoms. The Balaban J connectivity index is 1.27. The van der Waals surface area contributed by atoms with E-state index in [1.807, 2.05) is 11.0 Å². The number of alkyl halides is 4. The van der Waals surface area contributed by atoms with Crippen molar-refractivity contribution in [1.82, 2.24) is 24.8 Å². The molecule has 0 spiro atoms. The van der Waals surface area contributed by atoms with Crippen molar-refractivity contribution < 1.29 is 40.6 Å². The fourth-order valence-electron chi connectivity index (χ4n) is 9.73. The van der Waals surface area contributed by atoms with Crippen LogP contribution in [0.1, 0.15) is 67.3 Å². The van der Waals surface area contributed by atoms with Crippen molar-refractivity contribution in [1.29, 1.82) is 5.26 Å². The second-order valence-corrected chi connectivity index (χ2v) is 16.7. The summed E-state index contributed by atoms with van der Waals surface area (Å²) in [5, 5.41) is 9.60. The Kier molecular flexibility index (Phi) is 9.87. The van der Waals surface area contributed by atoms with Crippen LogP contribution < -0.4 is 25.8 Å². The maximum atomic E-state index is 17.7. The first-order valence-corrected chi connectivity index (χ1v) is 20.1. The number of allylic oxidation sites excluding steroid dienone is 5. The smallest absolute Gasteiger partial charge is 0.420 e. The number of hydrogen-bond donors (Lipinski definition) is 2. The van der Waals surface area contributed by atoms with Crippen molar-refractivity contribution >= 4 is 34.3 Å². The van der Waals surface area contributed by atoms with E-state index < -0.39 is 69.8 Å². The predicted molar refractivity (Wildman–Crippen MR) is 201 cm³/mol. The molecular formula is C39H39F6N9O3S. The van der Waals surface area contributed by atoms with Gasteiger partial charge in [0.15, 0.2) is 5.82 Å². The third-order valence-corrected chi connectivity index (χ3v) is 13.4. The van der Waals surface area contributed by atoms with Crippen LogP contribution in [0.4, 0.5) is 38.0 Å². The highest BCUT2D eigenvalue weighted by molar-refractivity contribution is 8.07. The molecule has 3 fully saturated rings. The van der Waals surface area contributed by atoms with Gasteiger partial charge in [-0.25, -0.2) is 18.2 Å². The van der Waals surface area contributed by atoms with E-state index in [1.54, 1.807) is 4.90 Å². The van der Waals surface area contributed by atoms with Gasteiger partial charge in [0.25, 0.3) is 0 Å². The molecule has 1 aliphatic carbocycles. The highest BCUT2D eigenvalue weighted by atomic mass is 32.2. The van der Waals surface area contributed by atoms with E-state index >= 15 is 22.0 Å². The normalized spacial score (nSPS) is 26.8.